The molecule has 0 spiro atoms. The molecule has 0 saturated heterocycles. The Morgan fingerprint density at radius 1 is 1.38 bits per heavy atom. The van der Waals surface area contributed by atoms with E-state index in [0.29, 0.717) is 18.9 Å². The second-order valence-electron chi connectivity index (χ2n) is 5.70. The Bertz CT molecular complexity index is 604. The van der Waals surface area contributed by atoms with Crippen LogP contribution in [0.25, 0.3) is 10.9 Å². The highest BCUT2D eigenvalue weighted by atomic mass is 16.3. The van der Waals surface area contributed by atoms with Gasteiger partial charge in [-0.3, -0.25) is 4.79 Å². The van der Waals surface area contributed by atoms with Gasteiger partial charge in [-0.2, -0.15) is 0 Å². The Morgan fingerprint density at radius 3 is 2.90 bits per heavy atom. The molecule has 0 aliphatic heterocycles. The van der Waals surface area contributed by atoms with Crippen LogP contribution in [0.3, 0.4) is 0 Å². The Labute approximate surface area is 125 Å². The van der Waals surface area contributed by atoms with Gasteiger partial charge in [0.1, 0.15) is 0 Å². The number of aromatic nitrogens is 1. The van der Waals surface area contributed by atoms with Crippen LogP contribution in [-0.2, 0) is 18.3 Å². The van der Waals surface area contributed by atoms with Gasteiger partial charge < -0.3 is 15.0 Å². The summed E-state index contributed by atoms with van der Waals surface area (Å²) in [5.41, 5.74) is 2.41. The van der Waals surface area contributed by atoms with Gasteiger partial charge in [-0.1, -0.05) is 25.1 Å². The second-order valence-corrected chi connectivity index (χ2v) is 5.70. The number of benzene rings is 1. The van der Waals surface area contributed by atoms with Crippen LogP contribution in [-0.4, -0.2) is 28.7 Å². The molecule has 1 amide bonds. The average molecular weight is 288 g/mol. The van der Waals surface area contributed by atoms with Crippen LogP contribution in [0.4, 0.5) is 0 Å². The average Bonchev–Trinajstić information content (AvgIpc) is 2.80. The zero-order valence-corrected chi connectivity index (χ0v) is 12.8. The molecule has 2 rings (SSSR count). The maximum atomic E-state index is 11.9. The predicted molar refractivity (Wildman–Crippen MR) is 85.1 cm³/mol. The summed E-state index contributed by atoms with van der Waals surface area (Å²) in [5.74, 6) is 0.393. The van der Waals surface area contributed by atoms with E-state index in [0.717, 1.165) is 12.8 Å². The fourth-order valence-electron chi connectivity index (χ4n) is 2.57. The minimum Gasteiger partial charge on any atom is -0.396 e. The fraction of sp³-hybridized carbons (Fsp3) is 0.471. The van der Waals surface area contributed by atoms with E-state index in [-0.39, 0.29) is 12.5 Å². The quantitative estimate of drug-likeness (QED) is 0.821. The van der Waals surface area contributed by atoms with Crippen molar-refractivity contribution in [2.75, 3.05) is 13.2 Å². The van der Waals surface area contributed by atoms with Crippen LogP contribution in [0, 0.1) is 5.92 Å². The standard InChI is InChI=1S/C17H24N2O2/c1-13(9-10-20)11-18-17(21)8-7-14-12-19(2)16-6-4-3-5-15(14)16/h3-6,12-13,20H,7-11H2,1-2H3,(H,18,21). The summed E-state index contributed by atoms with van der Waals surface area (Å²) in [4.78, 5) is 11.9. The van der Waals surface area contributed by atoms with Crippen molar-refractivity contribution in [3.63, 3.8) is 0 Å². The van der Waals surface area contributed by atoms with Gasteiger partial charge in [-0.15, -0.1) is 0 Å². The number of nitrogens with zero attached hydrogens (tertiary/aromatic N) is 1. The van der Waals surface area contributed by atoms with Gasteiger partial charge in [0.05, 0.1) is 0 Å². The van der Waals surface area contributed by atoms with Crippen LogP contribution in [0.15, 0.2) is 30.5 Å². The minimum atomic E-state index is 0.0766. The third-order valence-corrected chi connectivity index (χ3v) is 3.87. The number of para-hydroxylation sites is 1. The van der Waals surface area contributed by atoms with Crippen LogP contribution in [0.2, 0.25) is 0 Å². The highest BCUT2D eigenvalue weighted by molar-refractivity contribution is 5.84. The van der Waals surface area contributed by atoms with E-state index < -0.39 is 0 Å². The second kappa shape index (κ2) is 7.27. The zero-order valence-electron chi connectivity index (χ0n) is 12.8. The van der Waals surface area contributed by atoms with Crippen molar-refractivity contribution < 1.29 is 9.90 Å². The third-order valence-electron chi connectivity index (χ3n) is 3.87. The highest BCUT2D eigenvalue weighted by Gasteiger charge is 2.09. The van der Waals surface area contributed by atoms with Crippen molar-refractivity contribution in [1.29, 1.82) is 0 Å². The van der Waals surface area contributed by atoms with E-state index in [1.807, 2.05) is 26.1 Å². The monoisotopic (exact) mass is 288 g/mol. The van der Waals surface area contributed by atoms with E-state index in [1.54, 1.807) is 0 Å². The molecule has 0 fully saturated rings. The summed E-state index contributed by atoms with van der Waals surface area (Å²) < 4.78 is 2.10. The number of aliphatic hydroxyl groups excluding tert-OH is 1. The molecule has 2 aromatic rings. The van der Waals surface area contributed by atoms with Gasteiger partial charge in [-0.05, 0) is 30.4 Å². The van der Waals surface area contributed by atoms with Crippen molar-refractivity contribution >= 4 is 16.8 Å². The van der Waals surface area contributed by atoms with E-state index in [1.165, 1.54) is 16.5 Å². The van der Waals surface area contributed by atoms with Crippen molar-refractivity contribution in [3.05, 3.63) is 36.0 Å². The largest absolute Gasteiger partial charge is 0.396 e. The molecule has 0 saturated carbocycles. The minimum absolute atomic E-state index is 0.0766. The number of hydrogen-bond donors (Lipinski definition) is 2. The number of carbonyl (C=O) groups excluding carboxylic acids is 1. The smallest absolute Gasteiger partial charge is 0.220 e. The first kappa shape index (κ1) is 15.6. The highest BCUT2D eigenvalue weighted by Crippen LogP contribution is 2.21. The SMILES string of the molecule is CC(CCO)CNC(=O)CCc1cn(C)c2ccccc12. The first-order valence-corrected chi connectivity index (χ1v) is 7.52. The van der Waals surface area contributed by atoms with Crippen molar-refractivity contribution in [1.82, 2.24) is 9.88 Å². The third kappa shape index (κ3) is 4.08. The number of aryl methyl sites for hydroxylation is 2. The number of nitrogens with one attached hydrogen (secondary N) is 1. The van der Waals surface area contributed by atoms with Gasteiger partial charge in [0.15, 0.2) is 0 Å². The molecule has 0 bridgehead atoms. The predicted octanol–water partition coefficient (Wildman–Crippen LogP) is 2.25. The van der Waals surface area contributed by atoms with Crippen molar-refractivity contribution in [2.24, 2.45) is 13.0 Å². The number of carbonyl (C=O) groups is 1. The fourth-order valence-corrected chi connectivity index (χ4v) is 2.57. The lowest BCUT2D eigenvalue weighted by molar-refractivity contribution is -0.121. The molecular weight excluding hydrogens is 264 g/mol. The summed E-state index contributed by atoms with van der Waals surface area (Å²) in [6.07, 6.45) is 4.08. The molecule has 114 valence electrons. The van der Waals surface area contributed by atoms with Gasteiger partial charge in [0.2, 0.25) is 5.91 Å². The molecule has 1 unspecified atom stereocenters. The molecule has 1 atom stereocenters. The number of hydrogen-bond acceptors (Lipinski definition) is 2. The summed E-state index contributed by atoms with van der Waals surface area (Å²) in [6.45, 7) is 2.84. The maximum absolute atomic E-state index is 11.9. The molecule has 4 nitrogen and oxygen atoms in total. The molecule has 0 radical (unpaired) electrons. The molecular formula is C17H24N2O2. The molecule has 4 heteroatoms. The number of aliphatic hydroxyl groups is 1. The maximum Gasteiger partial charge on any atom is 0.220 e. The Hall–Kier alpha value is -1.81. The van der Waals surface area contributed by atoms with Crippen LogP contribution in [0.5, 0.6) is 0 Å². The van der Waals surface area contributed by atoms with Crippen LogP contribution < -0.4 is 5.32 Å². The zero-order chi connectivity index (χ0) is 15.2. The number of rotatable bonds is 7. The van der Waals surface area contributed by atoms with Crippen molar-refractivity contribution in [2.45, 2.75) is 26.2 Å². The summed E-state index contributed by atoms with van der Waals surface area (Å²) in [5, 5.41) is 13.0. The van der Waals surface area contributed by atoms with Gasteiger partial charge in [0.25, 0.3) is 0 Å². The van der Waals surface area contributed by atoms with E-state index in [9.17, 15) is 4.79 Å². The van der Waals surface area contributed by atoms with Gasteiger partial charge >= 0.3 is 0 Å². The molecule has 0 aliphatic rings. The first-order chi connectivity index (χ1) is 10.1. The van der Waals surface area contributed by atoms with E-state index in [4.69, 9.17) is 5.11 Å². The van der Waals surface area contributed by atoms with E-state index in [2.05, 4.69) is 28.2 Å². The van der Waals surface area contributed by atoms with E-state index >= 15 is 0 Å². The summed E-state index contributed by atoms with van der Waals surface area (Å²) in [6, 6.07) is 8.26. The lowest BCUT2D eigenvalue weighted by Gasteiger charge is -2.10. The van der Waals surface area contributed by atoms with Gasteiger partial charge in [-0.25, -0.2) is 0 Å². The van der Waals surface area contributed by atoms with Crippen molar-refractivity contribution in [3.8, 4) is 0 Å². The molecule has 0 aliphatic carbocycles. The Balaban J connectivity index is 1.88. The first-order valence-electron chi connectivity index (χ1n) is 7.52. The topological polar surface area (TPSA) is 54.3 Å². The summed E-state index contributed by atoms with van der Waals surface area (Å²) in [7, 11) is 2.03. The van der Waals surface area contributed by atoms with Crippen LogP contribution in [0.1, 0.15) is 25.3 Å². The van der Waals surface area contributed by atoms with Gasteiger partial charge in [0, 0.05) is 43.7 Å². The number of amides is 1. The normalized spacial score (nSPS) is 12.5. The number of fused-ring (bicyclic) bond motifs is 1. The Kier molecular flexibility index (Phi) is 5.39. The summed E-state index contributed by atoms with van der Waals surface area (Å²) >= 11 is 0. The molecule has 1 aromatic heterocycles. The molecule has 2 N–H and O–H groups in total. The molecule has 1 heterocycles. The molecule has 1 aromatic carbocycles. The lowest BCUT2D eigenvalue weighted by Crippen LogP contribution is -2.28. The lowest BCUT2D eigenvalue weighted by atomic mass is 10.1. The molecule has 21 heavy (non-hydrogen) atoms. The Morgan fingerprint density at radius 2 is 2.14 bits per heavy atom. The van der Waals surface area contributed by atoms with Crippen LogP contribution >= 0.6 is 0 Å².